The molecule has 118 valence electrons. The Balaban J connectivity index is 2.12. The smallest absolute Gasteiger partial charge is 0.244 e. The Morgan fingerprint density at radius 1 is 1.29 bits per heavy atom. The van der Waals surface area contributed by atoms with Crippen LogP contribution in [0.1, 0.15) is 39.5 Å². The van der Waals surface area contributed by atoms with Crippen molar-refractivity contribution >= 4 is 15.8 Å². The molecule has 0 amide bonds. The molecule has 0 spiro atoms. The number of hydrogen-bond donors (Lipinski definition) is 1. The predicted molar refractivity (Wildman–Crippen MR) is 84.8 cm³/mol. The molecule has 1 aromatic rings. The number of nitrogens with one attached hydrogen (secondary N) is 1. The Kier molecular flexibility index (Phi) is 5.58. The Morgan fingerprint density at radius 2 is 2.05 bits per heavy atom. The van der Waals surface area contributed by atoms with Gasteiger partial charge in [-0.2, -0.15) is 4.31 Å². The van der Waals surface area contributed by atoms with E-state index in [9.17, 15) is 8.42 Å². The summed E-state index contributed by atoms with van der Waals surface area (Å²) >= 11 is 0. The molecule has 1 heterocycles. The van der Waals surface area contributed by atoms with Gasteiger partial charge in [-0.05, 0) is 43.7 Å². The first kappa shape index (κ1) is 16.2. The highest BCUT2D eigenvalue weighted by molar-refractivity contribution is 7.89. The first-order chi connectivity index (χ1) is 10.1. The summed E-state index contributed by atoms with van der Waals surface area (Å²) in [5, 5.41) is 3.15. The molecular formula is C15H25N3O2S. The zero-order valence-corrected chi connectivity index (χ0v) is 13.7. The second-order valence-corrected chi connectivity index (χ2v) is 7.55. The maximum atomic E-state index is 12.7. The van der Waals surface area contributed by atoms with Gasteiger partial charge in [-0.3, -0.25) is 0 Å². The standard InChI is InChI=1S/C15H25N3O2S/c1-3-9-16-15-8-7-14(11-17-15)21(19,20)18(10-4-2)12-13-5-6-13/h7-8,11,13H,3-6,9-10,12H2,1-2H3,(H,16,17). The number of aromatic nitrogens is 1. The van der Waals surface area contributed by atoms with Crippen molar-refractivity contribution < 1.29 is 8.42 Å². The van der Waals surface area contributed by atoms with Crippen molar-refractivity contribution in [1.29, 1.82) is 0 Å². The van der Waals surface area contributed by atoms with E-state index in [1.54, 1.807) is 16.4 Å². The predicted octanol–water partition coefficient (Wildman–Crippen LogP) is 2.71. The van der Waals surface area contributed by atoms with E-state index in [4.69, 9.17) is 0 Å². The van der Waals surface area contributed by atoms with Crippen molar-refractivity contribution in [2.45, 2.75) is 44.4 Å². The van der Waals surface area contributed by atoms with Crippen LogP contribution in [0.2, 0.25) is 0 Å². The van der Waals surface area contributed by atoms with Crippen molar-refractivity contribution in [3.8, 4) is 0 Å². The lowest BCUT2D eigenvalue weighted by molar-refractivity contribution is 0.395. The van der Waals surface area contributed by atoms with Crippen LogP contribution >= 0.6 is 0 Å². The van der Waals surface area contributed by atoms with Gasteiger partial charge in [-0.1, -0.05) is 13.8 Å². The van der Waals surface area contributed by atoms with Crippen molar-refractivity contribution in [2.75, 3.05) is 25.0 Å². The highest BCUT2D eigenvalue weighted by Gasteiger charge is 2.31. The normalized spacial score (nSPS) is 15.4. The molecule has 5 nitrogen and oxygen atoms in total. The van der Waals surface area contributed by atoms with Crippen molar-refractivity contribution in [3.05, 3.63) is 18.3 Å². The van der Waals surface area contributed by atoms with Gasteiger partial charge in [0.05, 0.1) is 0 Å². The van der Waals surface area contributed by atoms with Crippen LogP contribution in [-0.2, 0) is 10.0 Å². The third kappa shape index (κ3) is 4.41. The van der Waals surface area contributed by atoms with Crippen LogP contribution in [0.3, 0.4) is 0 Å². The van der Waals surface area contributed by atoms with Crippen LogP contribution in [0, 0.1) is 5.92 Å². The zero-order valence-electron chi connectivity index (χ0n) is 12.9. The third-order valence-corrected chi connectivity index (χ3v) is 5.41. The van der Waals surface area contributed by atoms with E-state index in [0.29, 0.717) is 23.9 Å². The second-order valence-electron chi connectivity index (χ2n) is 5.61. The number of anilines is 1. The Labute approximate surface area is 127 Å². The summed E-state index contributed by atoms with van der Waals surface area (Å²) in [5.74, 6) is 1.27. The molecule has 0 saturated heterocycles. The van der Waals surface area contributed by atoms with Crippen LogP contribution in [0.4, 0.5) is 5.82 Å². The van der Waals surface area contributed by atoms with Gasteiger partial charge in [-0.25, -0.2) is 13.4 Å². The first-order valence-electron chi connectivity index (χ1n) is 7.78. The minimum absolute atomic E-state index is 0.290. The molecule has 6 heteroatoms. The first-order valence-corrected chi connectivity index (χ1v) is 9.22. The van der Waals surface area contributed by atoms with Crippen molar-refractivity contribution in [2.24, 2.45) is 5.92 Å². The minimum atomic E-state index is -3.41. The number of sulfonamides is 1. The molecule has 2 rings (SSSR count). The summed E-state index contributed by atoms with van der Waals surface area (Å²) in [4.78, 5) is 4.49. The van der Waals surface area contributed by atoms with Gasteiger partial charge in [0.15, 0.2) is 0 Å². The van der Waals surface area contributed by atoms with Crippen molar-refractivity contribution in [3.63, 3.8) is 0 Å². The molecule has 1 aliphatic carbocycles. The van der Waals surface area contributed by atoms with E-state index in [1.807, 2.05) is 6.92 Å². The van der Waals surface area contributed by atoms with Crippen LogP contribution in [0.5, 0.6) is 0 Å². The summed E-state index contributed by atoms with van der Waals surface area (Å²) in [6, 6.07) is 3.39. The van der Waals surface area contributed by atoms with E-state index < -0.39 is 10.0 Å². The third-order valence-electron chi connectivity index (χ3n) is 3.56. The molecule has 21 heavy (non-hydrogen) atoms. The summed E-state index contributed by atoms with van der Waals surface area (Å²) < 4.78 is 27.0. The molecule has 1 aromatic heterocycles. The van der Waals surface area contributed by atoms with E-state index in [-0.39, 0.29) is 0 Å². The van der Waals surface area contributed by atoms with Crippen LogP contribution in [0.15, 0.2) is 23.2 Å². The fourth-order valence-corrected chi connectivity index (χ4v) is 3.74. The van der Waals surface area contributed by atoms with Gasteiger partial charge in [0, 0.05) is 25.8 Å². The molecule has 1 saturated carbocycles. The van der Waals surface area contributed by atoms with E-state index in [0.717, 1.165) is 38.0 Å². The minimum Gasteiger partial charge on any atom is -0.370 e. The number of rotatable bonds is 9. The average Bonchev–Trinajstić information content (AvgIpc) is 3.29. The monoisotopic (exact) mass is 311 g/mol. The number of nitrogens with zero attached hydrogens (tertiary/aromatic N) is 2. The van der Waals surface area contributed by atoms with Gasteiger partial charge < -0.3 is 5.32 Å². The fourth-order valence-electron chi connectivity index (χ4n) is 2.19. The summed E-state index contributed by atoms with van der Waals surface area (Å²) in [6.07, 6.45) is 5.59. The molecule has 0 bridgehead atoms. The molecule has 0 radical (unpaired) electrons. The van der Waals surface area contributed by atoms with E-state index >= 15 is 0 Å². The summed E-state index contributed by atoms with van der Waals surface area (Å²) in [6.45, 7) is 6.14. The van der Waals surface area contributed by atoms with Gasteiger partial charge >= 0.3 is 0 Å². The summed E-state index contributed by atoms with van der Waals surface area (Å²) in [7, 11) is -3.41. The molecule has 0 aliphatic heterocycles. The topological polar surface area (TPSA) is 62.3 Å². The molecule has 0 atom stereocenters. The van der Waals surface area contributed by atoms with Gasteiger partial charge in [-0.15, -0.1) is 0 Å². The average molecular weight is 311 g/mol. The lowest BCUT2D eigenvalue weighted by Gasteiger charge is -2.21. The van der Waals surface area contributed by atoms with Gasteiger partial charge in [0.25, 0.3) is 0 Å². The lowest BCUT2D eigenvalue weighted by atomic mass is 10.4. The Hall–Kier alpha value is -1.14. The molecule has 0 aromatic carbocycles. The van der Waals surface area contributed by atoms with Gasteiger partial charge in [0.2, 0.25) is 10.0 Å². The highest BCUT2D eigenvalue weighted by atomic mass is 32.2. The molecule has 1 fully saturated rings. The van der Waals surface area contributed by atoms with Crippen LogP contribution < -0.4 is 5.32 Å². The maximum Gasteiger partial charge on any atom is 0.244 e. The number of pyridine rings is 1. The molecule has 0 unspecified atom stereocenters. The molecule has 1 aliphatic rings. The number of hydrogen-bond acceptors (Lipinski definition) is 4. The fraction of sp³-hybridized carbons (Fsp3) is 0.667. The maximum absolute atomic E-state index is 12.7. The molecule has 1 N–H and O–H groups in total. The van der Waals surface area contributed by atoms with E-state index in [1.165, 1.54) is 6.20 Å². The second kappa shape index (κ2) is 7.22. The van der Waals surface area contributed by atoms with Gasteiger partial charge in [0.1, 0.15) is 10.7 Å². The lowest BCUT2D eigenvalue weighted by Crippen LogP contribution is -2.33. The van der Waals surface area contributed by atoms with Crippen LogP contribution in [0.25, 0.3) is 0 Å². The quantitative estimate of drug-likeness (QED) is 0.761. The largest absolute Gasteiger partial charge is 0.370 e. The Morgan fingerprint density at radius 3 is 2.57 bits per heavy atom. The molecular weight excluding hydrogens is 286 g/mol. The van der Waals surface area contributed by atoms with Crippen LogP contribution in [-0.4, -0.2) is 37.3 Å². The van der Waals surface area contributed by atoms with Crippen molar-refractivity contribution in [1.82, 2.24) is 9.29 Å². The highest BCUT2D eigenvalue weighted by Crippen LogP contribution is 2.31. The Bertz CT molecular complexity index is 539. The SMILES string of the molecule is CCCNc1ccc(S(=O)(=O)N(CCC)CC2CC2)cn1. The summed E-state index contributed by atoms with van der Waals surface area (Å²) in [5.41, 5.74) is 0. The zero-order chi connectivity index (χ0) is 15.3. The van der Waals surface area contributed by atoms with E-state index in [2.05, 4.69) is 17.2 Å².